The smallest absolute Gasteiger partial charge is 0.191 e. The van der Waals surface area contributed by atoms with E-state index in [1.807, 2.05) is 29.9 Å². The first kappa shape index (κ1) is 22.8. The topological polar surface area (TPSA) is 79.6 Å². The minimum atomic E-state index is 0.551. The molecule has 1 fully saturated rings. The van der Waals surface area contributed by atoms with E-state index in [1.54, 1.807) is 0 Å². The van der Waals surface area contributed by atoms with E-state index < -0.39 is 0 Å². The fourth-order valence-electron chi connectivity index (χ4n) is 4.04. The minimum absolute atomic E-state index is 0.551. The molecule has 1 aliphatic heterocycles. The molecule has 0 atom stereocenters. The molecular weight excluding hydrogens is 414 g/mol. The number of aromatic nitrogens is 3. The van der Waals surface area contributed by atoms with Gasteiger partial charge < -0.3 is 20.3 Å². The fourth-order valence-corrected chi connectivity index (χ4v) is 4.04. The Bertz CT molecular complexity index is 1090. The lowest BCUT2D eigenvalue weighted by Gasteiger charge is -2.29. The van der Waals surface area contributed by atoms with Gasteiger partial charge in [0.1, 0.15) is 5.82 Å². The molecule has 3 aromatic rings. The van der Waals surface area contributed by atoms with Gasteiger partial charge in [0.15, 0.2) is 5.96 Å². The summed E-state index contributed by atoms with van der Waals surface area (Å²) >= 11 is 0. The van der Waals surface area contributed by atoms with Gasteiger partial charge in [0, 0.05) is 43.6 Å². The normalized spacial score (nSPS) is 14.4. The maximum atomic E-state index is 5.49. The summed E-state index contributed by atoms with van der Waals surface area (Å²) in [4.78, 5) is 11.8. The lowest BCUT2D eigenvalue weighted by atomic mass is 10.1. The van der Waals surface area contributed by atoms with Gasteiger partial charge in [-0.1, -0.05) is 24.3 Å². The Kier molecular flexibility index (Phi) is 7.57. The van der Waals surface area contributed by atoms with Gasteiger partial charge in [-0.15, -0.1) is 0 Å². The third-order valence-electron chi connectivity index (χ3n) is 5.61. The zero-order valence-corrected chi connectivity index (χ0v) is 19.7. The summed E-state index contributed by atoms with van der Waals surface area (Å²) in [6, 6.07) is 14.5. The third kappa shape index (κ3) is 5.70. The van der Waals surface area contributed by atoms with Crippen molar-refractivity contribution in [3.63, 3.8) is 0 Å². The SMILES string of the molecule is CCNC(=NCc1cccnc1N1CCOCC1)NCc1ccccc1-n1nc(C)cc1C. The van der Waals surface area contributed by atoms with Gasteiger partial charge in [-0.2, -0.15) is 5.10 Å². The van der Waals surface area contributed by atoms with Crippen LogP contribution in [0.1, 0.15) is 29.4 Å². The molecule has 0 radical (unpaired) electrons. The highest BCUT2D eigenvalue weighted by molar-refractivity contribution is 5.80. The van der Waals surface area contributed by atoms with Crippen LogP contribution in [-0.4, -0.2) is 53.6 Å². The molecule has 8 nitrogen and oxygen atoms in total. The Labute approximate surface area is 195 Å². The van der Waals surface area contributed by atoms with E-state index in [0.29, 0.717) is 13.1 Å². The number of ether oxygens (including phenoxy) is 1. The van der Waals surface area contributed by atoms with Crippen molar-refractivity contribution in [3.05, 3.63) is 71.2 Å². The van der Waals surface area contributed by atoms with Gasteiger partial charge in [0.05, 0.1) is 31.1 Å². The van der Waals surface area contributed by atoms with E-state index in [2.05, 4.69) is 69.8 Å². The van der Waals surface area contributed by atoms with Crippen molar-refractivity contribution in [2.45, 2.75) is 33.9 Å². The number of hydrogen-bond acceptors (Lipinski definition) is 5. The number of pyridine rings is 1. The van der Waals surface area contributed by atoms with Crippen molar-refractivity contribution in [2.24, 2.45) is 4.99 Å². The maximum Gasteiger partial charge on any atom is 0.191 e. The van der Waals surface area contributed by atoms with Crippen LogP contribution in [-0.2, 0) is 17.8 Å². The van der Waals surface area contributed by atoms with Crippen molar-refractivity contribution in [1.82, 2.24) is 25.4 Å². The highest BCUT2D eigenvalue weighted by Gasteiger charge is 2.16. The van der Waals surface area contributed by atoms with E-state index in [1.165, 1.54) is 0 Å². The summed E-state index contributed by atoms with van der Waals surface area (Å²) < 4.78 is 7.49. The van der Waals surface area contributed by atoms with E-state index in [0.717, 1.165) is 72.8 Å². The zero-order chi connectivity index (χ0) is 23.0. The Morgan fingerprint density at radius 3 is 2.61 bits per heavy atom. The third-order valence-corrected chi connectivity index (χ3v) is 5.61. The van der Waals surface area contributed by atoms with Crippen LogP contribution in [0.15, 0.2) is 53.7 Å². The molecule has 2 N–H and O–H groups in total. The summed E-state index contributed by atoms with van der Waals surface area (Å²) in [5.74, 6) is 1.77. The van der Waals surface area contributed by atoms with Crippen molar-refractivity contribution in [2.75, 3.05) is 37.7 Å². The second-order valence-corrected chi connectivity index (χ2v) is 8.10. The van der Waals surface area contributed by atoms with Gasteiger partial charge in [0.2, 0.25) is 0 Å². The average Bonchev–Trinajstić information content (AvgIpc) is 3.19. The summed E-state index contributed by atoms with van der Waals surface area (Å²) in [7, 11) is 0. The molecule has 0 bridgehead atoms. The first-order chi connectivity index (χ1) is 16.2. The van der Waals surface area contributed by atoms with Crippen molar-refractivity contribution >= 4 is 11.8 Å². The van der Waals surface area contributed by atoms with E-state index in [4.69, 9.17) is 9.73 Å². The zero-order valence-electron chi connectivity index (χ0n) is 19.7. The lowest BCUT2D eigenvalue weighted by Crippen LogP contribution is -2.38. The van der Waals surface area contributed by atoms with Crippen molar-refractivity contribution in [3.8, 4) is 5.69 Å². The second-order valence-electron chi connectivity index (χ2n) is 8.10. The number of morpholine rings is 1. The van der Waals surface area contributed by atoms with Gasteiger partial charge >= 0.3 is 0 Å². The minimum Gasteiger partial charge on any atom is -0.378 e. The van der Waals surface area contributed by atoms with Crippen molar-refractivity contribution in [1.29, 1.82) is 0 Å². The Hall–Kier alpha value is -3.39. The van der Waals surface area contributed by atoms with E-state index in [-0.39, 0.29) is 0 Å². The number of anilines is 1. The van der Waals surface area contributed by atoms with Crippen LogP contribution in [0.4, 0.5) is 5.82 Å². The molecular formula is C25H33N7O. The molecule has 1 saturated heterocycles. The van der Waals surface area contributed by atoms with Crippen LogP contribution in [0.2, 0.25) is 0 Å². The first-order valence-corrected chi connectivity index (χ1v) is 11.6. The average molecular weight is 448 g/mol. The number of benzene rings is 1. The number of rotatable bonds is 7. The Morgan fingerprint density at radius 1 is 1.06 bits per heavy atom. The number of aliphatic imine (C=N–C) groups is 1. The summed E-state index contributed by atoms with van der Waals surface area (Å²) in [6.45, 7) is 11.3. The molecule has 4 rings (SSSR count). The maximum absolute atomic E-state index is 5.49. The Morgan fingerprint density at radius 2 is 1.85 bits per heavy atom. The van der Waals surface area contributed by atoms with E-state index >= 15 is 0 Å². The number of nitrogens with one attached hydrogen (secondary N) is 2. The standard InChI is InChI=1S/C25H33N7O/c1-4-26-25(29-18-22-9-7-11-27-24(22)31-12-14-33-15-13-31)28-17-21-8-5-6-10-23(21)32-20(3)16-19(2)30-32/h5-11,16H,4,12-15,17-18H2,1-3H3,(H2,26,28,29). The highest BCUT2D eigenvalue weighted by Crippen LogP contribution is 2.20. The molecule has 3 heterocycles. The summed E-state index contributed by atoms with van der Waals surface area (Å²) in [5.41, 5.74) is 5.48. The number of guanidine groups is 1. The first-order valence-electron chi connectivity index (χ1n) is 11.6. The largest absolute Gasteiger partial charge is 0.378 e. The van der Waals surface area contributed by atoms with Gasteiger partial charge in [-0.3, -0.25) is 0 Å². The molecule has 33 heavy (non-hydrogen) atoms. The molecule has 1 aliphatic rings. The van der Waals surface area contributed by atoms with Crippen LogP contribution in [0, 0.1) is 13.8 Å². The molecule has 1 aromatic carbocycles. The van der Waals surface area contributed by atoms with Crippen LogP contribution < -0.4 is 15.5 Å². The van der Waals surface area contributed by atoms with E-state index in [9.17, 15) is 0 Å². The predicted octanol–water partition coefficient (Wildman–Crippen LogP) is 2.98. The molecule has 2 aromatic heterocycles. The number of para-hydroxylation sites is 1. The number of hydrogen-bond donors (Lipinski definition) is 2. The Balaban J connectivity index is 1.49. The van der Waals surface area contributed by atoms with Gasteiger partial charge in [-0.05, 0) is 44.5 Å². The lowest BCUT2D eigenvalue weighted by molar-refractivity contribution is 0.122. The van der Waals surface area contributed by atoms with Crippen LogP contribution in [0.3, 0.4) is 0 Å². The molecule has 0 unspecified atom stereocenters. The monoisotopic (exact) mass is 447 g/mol. The predicted molar refractivity (Wildman–Crippen MR) is 132 cm³/mol. The van der Waals surface area contributed by atoms with Crippen LogP contribution >= 0.6 is 0 Å². The molecule has 174 valence electrons. The van der Waals surface area contributed by atoms with Gasteiger partial charge in [-0.25, -0.2) is 14.7 Å². The summed E-state index contributed by atoms with van der Waals surface area (Å²) in [6.07, 6.45) is 1.84. The second kappa shape index (κ2) is 11.0. The number of aryl methyl sites for hydroxylation is 2. The molecule has 8 heteroatoms. The number of nitrogens with zero attached hydrogens (tertiary/aromatic N) is 5. The molecule has 0 saturated carbocycles. The van der Waals surface area contributed by atoms with Gasteiger partial charge in [0.25, 0.3) is 0 Å². The molecule has 0 aliphatic carbocycles. The molecule has 0 spiro atoms. The quantitative estimate of drug-likeness (QED) is 0.428. The summed E-state index contributed by atoms with van der Waals surface area (Å²) in [5, 5.41) is 11.5. The fraction of sp³-hybridized carbons (Fsp3) is 0.400. The van der Waals surface area contributed by atoms with Crippen LogP contribution in [0.5, 0.6) is 0 Å². The highest BCUT2D eigenvalue weighted by atomic mass is 16.5. The van der Waals surface area contributed by atoms with Crippen LogP contribution in [0.25, 0.3) is 5.69 Å². The molecule has 0 amide bonds. The van der Waals surface area contributed by atoms with Crippen molar-refractivity contribution < 1.29 is 4.74 Å².